The highest BCUT2D eigenvalue weighted by Crippen LogP contribution is 2.24. The summed E-state index contributed by atoms with van der Waals surface area (Å²) in [5.74, 6) is 0. The average Bonchev–Trinajstić information content (AvgIpc) is 2.80. The Bertz CT molecular complexity index is 300. The van der Waals surface area contributed by atoms with Crippen LogP contribution in [0.4, 0.5) is 0 Å². The van der Waals surface area contributed by atoms with Crippen molar-refractivity contribution in [3.63, 3.8) is 0 Å². The van der Waals surface area contributed by atoms with Crippen molar-refractivity contribution in [3.8, 4) is 0 Å². The molecular formula is C8H16N2O3S. The van der Waals surface area contributed by atoms with Gasteiger partial charge in [0.15, 0.2) is 0 Å². The number of aliphatic hydroxyl groups is 1. The Balaban J connectivity index is 2.03. The van der Waals surface area contributed by atoms with Crippen LogP contribution in [0.3, 0.4) is 0 Å². The van der Waals surface area contributed by atoms with Crippen LogP contribution in [0.5, 0.6) is 0 Å². The van der Waals surface area contributed by atoms with Crippen molar-refractivity contribution < 1.29 is 13.5 Å². The molecule has 0 aromatic rings. The van der Waals surface area contributed by atoms with Gasteiger partial charge in [-0.2, -0.15) is 17.4 Å². The zero-order chi connectivity index (χ0) is 10.2. The van der Waals surface area contributed by atoms with Gasteiger partial charge in [0.2, 0.25) is 0 Å². The van der Waals surface area contributed by atoms with E-state index < -0.39 is 10.2 Å². The summed E-state index contributed by atoms with van der Waals surface area (Å²) < 4.78 is 27.5. The summed E-state index contributed by atoms with van der Waals surface area (Å²) in [5, 5.41) is 9.02. The monoisotopic (exact) mass is 220 g/mol. The molecule has 2 aliphatic rings. The summed E-state index contributed by atoms with van der Waals surface area (Å²) in [4.78, 5) is 0. The molecule has 5 nitrogen and oxygen atoms in total. The van der Waals surface area contributed by atoms with Crippen molar-refractivity contribution in [3.05, 3.63) is 0 Å². The number of hydrogen-bond acceptors (Lipinski definition) is 3. The predicted molar refractivity (Wildman–Crippen MR) is 51.9 cm³/mol. The smallest absolute Gasteiger partial charge is 0.280 e. The van der Waals surface area contributed by atoms with Gasteiger partial charge in [-0.1, -0.05) is 0 Å². The van der Waals surface area contributed by atoms with Crippen LogP contribution in [0.25, 0.3) is 0 Å². The van der Waals surface area contributed by atoms with E-state index in [1.807, 2.05) is 0 Å². The lowest BCUT2D eigenvalue weighted by molar-refractivity contribution is 0.212. The lowest BCUT2D eigenvalue weighted by Crippen LogP contribution is -2.45. The fourth-order valence-electron chi connectivity index (χ4n) is 1.79. The lowest BCUT2D eigenvalue weighted by Gasteiger charge is -2.22. The Morgan fingerprint density at radius 2 is 2.07 bits per heavy atom. The minimum atomic E-state index is -3.33. The molecule has 0 aromatic heterocycles. The Labute approximate surface area is 84.3 Å². The van der Waals surface area contributed by atoms with Gasteiger partial charge in [0.1, 0.15) is 0 Å². The molecule has 0 unspecified atom stereocenters. The van der Waals surface area contributed by atoms with Gasteiger partial charge >= 0.3 is 0 Å². The van der Waals surface area contributed by atoms with Crippen LogP contribution in [0.1, 0.15) is 25.7 Å². The van der Waals surface area contributed by atoms with Crippen LogP contribution in [0, 0.1) is 0 Å². The second-order valence-corrected chi connectivity index (χ2v) is 5.64. The number of aliphatic hydroxyl groups excluding tert-OH is 1. The molecule has 1 saturated carbocycles. The molecule has 14 heavy (non-hydrogen) atoms. The maximum Gasteiger partial charge on any atom is 0.280 e. The number of rotatable bonds is 4. The van der Waals surface area contributed by atoms with Crippen LogP contribution < -0.4 is 4.72 Å². The van der Waals surface area contributed by atoms with E-state index in [2.05, 4.69) is 4.72 Å². The third-order valence-corrected chi connectivity index (χ3v) is 4.46. The maximum absolute atomic E-state index is 11.8. The van der Waals surface area contributed by atoms with Crippen molar-refractivity contribution in [1.29, 1.82) is 0 Å². The topological polar surface area (TPSA) is 69.6 Å². The molecule has 1 aliphatic heterocycles. The highest BCUT2D eigenvalue weighted by atomic mass is 32.2. The van der Waals surface area contributed by atoms with E-state index in [0.29, 0.717) is 6.54 Å². The molecule has 1 aliphatic carbocycles. The first-order valence-electron chi connectivity index (χ1n) is 5.03. The van der Waals surface area contributed by atoms with Gasteiger partial charge < -0.3 is 5.11 Å². The first-order chi connectivity index (χ1) is 6.63. The Morgan fingerprint density at radius 1 is 1.36 bits per heavy atom. The molecular weight excluding hydrogens is 204 g/mol. The third-order valence-electron chi connectivity index (χ3n) is 2.74. The van der Waals surface area contributed by atoms with E-state index in [-0.39, 0.29) is 18.7 Å². The largest absolute Gasteiger partial charge is 0.395 e. The van der Waals surface area contributed by atoms with Gasteiger partial charge in [-0.15, -0.1) is 0 Å². The standard InChI is InChI=1S/C8H16N2O3S/c11-6-8-2-1-5-10(8)14(12,13)9-7-3-4-7/h7-9,11H,1-6H2/t8-/m0/s1. The first-order valence-corrected chi connectivity index (χ1v) is 6.47. The highest BCUT2D eigenvalue weighted by Gasteiger charge is 2.37. The molecule has 0 radical (unpaired) electrons. The molecule has 82 valence electrons. The molecule has 0 aromatic carbocycles. The fourth-order valence-corrected chi connectivity index (χ4v) is 3.51. The highest BCUT2D eigenvalue weighted by molar-refractivity contribution is 7.87. The van der Waals surface area contributed by atoms with Crippen molar-refractivity contribution in [2.45, 2.75) is 37.8 Å². The summed E-state index contributed by atoms with van der Waals surface area (Å²) in [7, 11) is -3.33. The molecule has 1 atom stereocenters. The van der Waals surface area contributed by atoms with Crippen molar-refractivity contribution in [2.24, 2.45) is 0 Å². The van der Waals surface area contributed by atoms with E-state index in [1.54, 1.807) is 0 Å². The van der Waals surface area contributed by atoms with Crippen molar-refractivity contribution in [2.75, 3.05) is 13.2 Å². The summed E-state index contributed by atoms with van der Waals surface area (Å²) in [5.41, 5.74) is 0. The average molecular weight is 220 g/mol. The minimum absolute atomic E-state index is 0.0778. The van der Waals surface area contributed by atoms with Gasteiger partial charge in [-0.3, -0.25) is 0 Å². The molecule has 2 N–H and O–H groups in total. The molecule has 2 rings (SSSR count). The number of nitrogens with one attached hydrogen (secondary N) is 1. The molecule has 2 fully saturated rings. The molecule has 6 heteroatoms. The lowest BCUT2D eigenvalue weighted by atomic mass is 10.2. The van der Waals surface area contributed by atoms with Crippen LogP contribution >= 0.6 is 0 Å². The summed E-state index contributed by atoms with van der Waals surface area (Å²) in [6.45, 7) is 0.457. The van der Waals surface area contributed by atoms with Gasteiger partial charge in [0.25, 0.3) is 10.2 Å². The van der Waals surface area contributed by atoms with Crippen molar-refractivity contribution in [1.82, 2.24) is 9.03 Å². The summed E-state index contributed by atoms with van der Waals surface area (Å²) in [6.07, 6.45) is 3.49. The Kier molecular flexibility index (Phi) is 2.79. The SMILES string of the molecule is O=S(=O)(NC1CC1)N1CCC[C@H]1CO. The molecule has 0 bridgehead atoms. The minimum Gasteiger partial charge on any atom is -0.395 e. The quantitative estimate of drug-likeness (QED) is 0.667. The zero-order valence-electron chi connectivity index (χ0n) is 8.02. The van der Waals surface area contributed by atoms with E-state index in [4.69, 9.17) is 5.11 Å². The summed E-state index contributed by atoms with van der Waals surface area (Å²) in [6, 6.07) is -0.0776. The van der Waals surface area contributed by atoms with E-state index in [9.17, 15) is 8.42 Å². The van der Waals surface area contributed by atoms with E-state index >= 15 is 0 Å². The van der Waals surface area contributed by atoms with Gasteiger partial charge in [0.05, 0.1) is 6.61 Å². The van der Waals surface area contributed by atoms with E-state index in [0.717, 1.165) is 25.7 Å². The molecule has 1 heterocycles. The first kappa shape index (κ1) is 10.4. The van der Waals surface area contributed by atoms with Gasteiger partial charge in [-0.25, -0.2) is 0 Å². The van der Waals surface area contributed by atoms with Crippen LogP contribution in [0.2, 0.25) is 0 Å². The molecule has 0 amide bonds. The van der Waals surface area contributed by atoms with Crippen LogP contribution in [-0.2, 0) is 10.2 Å². The van der Waals surface area contributed by atoms with Crippen LogP contribution in [-0.4, -0.2) is 43.1 Å². The Hall–Kier alpha value is -0.170. The number of hydrogen-bond donors (Lipinski definition) is 2. The third kappa shape index (κ3) is 2.08. The van der Waals surface area contributed by atoms with Crippen LogP contribution in [0.15, 0.2) is 0 Å². The van der Waals surface area contributed by atoms with E-state index in [1.165, 1.54) is 4.31 Å². The Morgan fingerprint density at radius 3 is 2.64 bits per heavy atom. The zero-order valence-corrected chi connectivity index (χ0v) is 8.83. The second kappa shape index (κ2) is 3.77. The predicted octanol–water partition coefficient (Wildman–Crippen LogP) is -0.560. The molecule has 1 saturated heterocycles. The maximum atomic E-state index is 11.8. The van der Waals surface area contributed by atoms with Gasteiger partial charge in [-0.05, 0) is 25.7 Å². The normalized spacial score (nSPS) is 29.6. The second-order valence-electron chi connectivity index (χ2n) is 3.99. The molecule has 0 spiro atoms. The van der Waals surface area contributed by atoms with Gasteiger partial charge in [0, 0.05) is 18.6 Å². The fraction of sp³-hybridized carbons (Fsp3) is 1.00. The van der Waals surface area contributed by atoms with Crippen molar-refractivity contribution >= 4 is 10.2 Å². The number of nitrogens with zero attached hydrogens (tertiary/aromatic N) is 1. The summed E-state index contributed by atoms with van der Waals surface area (Å²) >= 11 is 0.